The van der Waals surface area contributed by atoms with Crippen LogP contribution in [-0.2, 0) is 27.5 Å². The summed E-state index contributed by atoms with van der Waals surface area (Å²) in [5.41, 5.74) is -2.01. The van der Waals surface area contributed by atoms with Crippen molar-refractivity contribution in [3.8, 4) is 0 Å². The number of sulfonamides is 1. The molecule has 1 atom stereocenters. The quantitative estimate of drug-likeness (QED) is 0.567. The molecule has 0 radical (unpaired) electrons. The first-order valence-electron chi connectivity index (χ1n) is 11.0. The number of alkyl halides is 3. The van der Waals surface area contributed by atoms with Gasteiger partial charge in [0.05, 0.1) is 21.7 Å². The molecule has 8 nitrogen and oxygen atoms in total. The SMILES string of the molecule is C[C@@H]1CCCCN1S(=O)(=O)c1ccc2c(cnc(=O)n2CC(=O)Nc2ccccc2C(F)(F)F)c1. The van der Waals surface area contributed by atoms with Gasteiger partial charge >= 0.3 is 11.9 Å². The van der Waals surface area contributed by atoms with E-state index in [-0.39, 0.29) is 16.5 Å². The first-order valence-corrected chi connectivity index (χ1v) is 12.4. The highest BCUT2D eigenvalue weighted by Crippen LogP contribution is 2.34. The summed E-state index contributed by atoms with van der Waals surface area (Å²) >= 11 is 0. The Balaban J connectivity index is 1.64. The lowest BCUT2D eigenvalue weighted by Crippen LogP contribution is -2.41. The minimum absolute atomic E-state index is 0.0364. The van der Waals surface area contributed by atoms with Crippen LogP contribution in [0.2, 0.25) is 0 Å². The van der Waals surface area contributed by atoms with Crippen LogP contribution in [0.15, 0.2) is 58.4 Å². The average Bonchev–Trinajstić information content (AvgIpc) is 2.80. The lowest BCUT2D eigenvalue weighted by molar-refractivity contribution is -0.137. The largest absolute Gasteiger partial charge is 0.418 e. The fraction of sp³-hybridized carbons (Fsp3) is 0.348. The van der Waals surface area contributed by atoms with Crippen molar-refractivity contribution in [2.24, 2.45) is 0 Å². The van der Waals surface area contributed by atoms with Crippen molar-refractivity contribution in [1.29, 1.82) is 0 Å². The van der Waals surface area contributed by atoms with E-state index in [2.05, 4.69) is 10.3 Å². The Morgan fingerprint density at radius 1 is 1.17 bits per heavy atom. The van der Waals surface area contributed by atoms with Crippen molar-refractivity contribution in [2.75, 3.05) is 11.9 Å². The molecule has 1 amide bonds. The first kappa shape index (κ1) is 24.9. The molecule has 35 heavy (non-hydrogen) atoms. The Bertz CT molecular complexity index is 1440. The number of benzene rings is 2. The van der Waals surface area contributed by atoms with Crippen LogP contribution in [0.25, 0.3) is 10.9 Å². The summed E-state index contributed by atoms with van der Waals surface area (Å²) in [6.07, 6.45) is -0.971. The molecule has 0 aliphatic carbocycles. The van der Waals surface area contributed by atoms with Gasteiger partial charge in [-0.25, -0.2) is 18.2 Å². The molecule has 1 fully saturated rings. The highest BCUT2D eigenvalue weighted by Gasteiger charge is 2.34. The van der Waals surface area contributed by atoms with E-state index in [4.69, 9.17) is 0 Å². The zero-order chi connectivity index (χ0) is 25.4. The molecule has 4 rings (SSSR count). The zero-order valence-electron chi connectivity index (χ0n) is 18.7. The van der Waals surface area contributed by atoms with Gasteiger partial charge in [0.15, 0.2) is 0 Å². The number of anilines is 1. The third-order valence-electron chi connectivity index (χ3n) is 5.99. The summed E-state index contributed by atoms with van der Waals surface area (Å²) in [7, 11) is -3.78. The zero-order valence-corrected chi connectivity index (χ0v) is 19.6. The molecular formula is C23H23F3N4O4S. The number of nitrogens with zero attached hydrogens (tertiary/aromatic N) is 3. The normalized spacial score (nSPS) is 17.4. The van der Waals surface area contributed by atoms with Crippen molar-refractivity contribution in [2.45, 2.75) is 49.8 Å². The van der Waals surface area contributed by atoms with Gasteiger partial charge in [-0.3, -0.25) is 9.36 Å². The Kier molecular flexibility index (Phi) is 6.69. The summed E-state index contributed by atoms with van der Waals surface area (Å²) in [6.45, 7) is 1.66. The van der Waals surface area contributed by atoms with Gasteiger partial charge in [-0.1, -0.05) is 18.6 Å². The van der Waals surface area contributed by atoms with Crippen LogP contribution in [0, 0.1) is 0 Å². The molecule has 3 aromatic rings. The van der Waals surface area contributed by atoms with Gasteiger partial charge in [-0.15, -0.1) is 0 Å². The van der Waals surface area contributed by atoms with Crippen molar-refractivity contribution in [3.05, 3.63) is 64.7 Å². The number of hydrogen-bond acceptors (Lipinski definition) is 5. The lowest BCUT2D eigenvalue weighted by Gasteiger charge is -2.32. The number of amides is 1. The molecule has 1 N–H and O–H groups in total. The molecule has 2 aromatic carbocycles. The van der Waals surface area contributed by atoms with Gasteiger partial charge < -0.3 is 5.32 Å². The van der Waals surface area contributed by atoms with Crippen molar-refractivity contribution < 1.29 is 26.4 Å². The maximum atomic E-state index is 13.2. The first-order chi connectivity index (χ1) is 16.5. The summed E-state index contributed by atoms with van der Waals surface area (Å²) in [4.78, 5) is 28.7. The van der Waals surface area contributed by atoms with Crippen LogP contribution in [-0.4, -0.2) is 40.8 Å². The molecule has 2 heterocycles. The molecule has 12 heteroatoms. The molecule has 1 aromatic heterocycles. The standard InChI is InChI=1S/C23H23F3N4O4S/c1-15-6-4-5-11-30(15)35(33,34)17-9-10-20-16(12-17)13-27-22(32)29(20)14-21(31)28-19-8-3-2-7-18(19)23(24,25)26/h2-3,7-10,12-13,15H,4-6,11,14H2,1H3,(H,28,31)/t15-/m1/s1. The van der Waals surface area contributed by atoms with Gasteiger partial charge in [0.2, 0.25) is 15.9 Å². The Labute approximate surface area is 199 Å². The molecule has 0 bridgehead atoms. The highest BCUT2D eigenvalue weighted by molar-refractivity contribution is 7.89. The number of nitrogens with one attached hydrogen (secondary N) is 1. The molecular weight excluding hydrogens is 485 g/mol. The van der Waals surface area contributed by atoms with Crippen LogP contribution < -0.4 is 11.0 Å². The van der Waals surface area contributed by atoms with Gasteiger partial charge in [0, 0.05) is 24.2 Å². The van der Waals surface area contributed by atoms with Crippen molar-refractivity contribution >= 4 is 32.5 Å². The molecule has 0 unspecified atom stereocenters. The molecule has 0 spiro atoms. The number of fused-ring (bicyclic) bond motifs is 1. The smallest absolute Gasteiger partial charge is 0.324 e. The summed E-state index contributed by atoms with van der Waals surface area (Å²) in [5, 5.41) is 2.50. The van der Waals surface area contributed by atoms with E-state index in [9.17, 15) is 31.2 Å². The van der Waals surface area contributed by atoms with Crippen LogP contribution >= 0.6 is 0 Å². The van der Waals surface area contributed by atoms with Crippen molar-refractivity contribution in [1.82, 2.24) is 13.9 Å². The predicted octanol–water partition coefficient (Wildman–Crippen LogP) is 3.62. The number of carbonyl (C=O) groups excluding carboxylic acids is 1. The van der Waals surface area contributed by atoms with Gasteiger partial charge in [-0.2, -0.15) is 17.5 Å². The van der Waals surface area contributed by atoms with Gasteiger partial charge in [0.25, 0.3) is 0 Å². The van der Waals surface area contributed by atoms with E-state index >= 15 is 0 Å². The fourth-order valence-electron chi connectivity index (χ4n) is 4.23. The molecule has 1 aliphatic rings. The molecule has 1 saturated heterocycles. The van der Waals surface area contributed by atoms with E-state index < -0.39 is 45.6 Å². The monoisotopic (exact) mass is 508 g/mol. The Morgan fingerprint density at radius 2 is 1.91 bits per heavy atom. The summed E-state index contributed by atoms with van der Waals surface area (Å²) < 4.78 is 68.4. The minimum atomic E-state index is -4.67. The van der Waals surface area contributed by atoms with Crippen LogP contribution in [0.1, 0.15) is 31.7 Å². The Morgan fingerprint density at radius 3 is 2.63 bits per heavy atom. The van der Waals surface area contributed by atoms with Crippen molar-refractivity contribution in [3.63, 3.8) is 0 Å². The summed E-state index contributed by atoms with van der Waals surface area (Å²) in [6, 6.07) is 8.50. The number of para-hydroxylation sites is 1. The third kappa shape index (κ3) is 5.08. The Hall–Kier alpha value is -3.25. The third-order valence-corrected chi connectivity index (χ3v) is 8.00. The second kappa shape index (κ2) is 9.42. The van der Waals surface area contributed by atoms with Gasteiger partial charge in [0.1, 0.15) is 6.54 Å². The molecule has 186 valence electrons. The van der Waals surface area contributed by atoms with Crippen LogP contribution in [0.3, 0.4) is 0 Å². The number of carbonyl (C=O) groups is 1. The second-order valence-electron chi connectivity index (χ2n) is 8.40. The molecule has 1 aliphatic heterocycles. The van der Waals surface area contributed by atoms with E-state index in [0.717, 1.165) is 36.0 Å². The van der Waals surface area contributed by atoms with Crippen LogP contribution in [0.4, 0.5) is 18.9 Å². The second-order valence-corrected chi connectivity index (χ2v) is 10.3. The topological polar surface area (TPSA) is 101 Å². The number of piperidine rings is 1. The number of aromatic nitrogens is 2. The van der Waals surface area contributed by atoms with E-state index in [1.807, 2.05) is 6.92 Å². The van der Waals surface area contributed by atoms with E-state index in [0.29, 0.717) is 11.9 Å². The maximum absolute atomic E-state index is 13.2. The van der Waals surface area contributed by atoms with E-state index in [1.165, 1.54) is 40.8 Å². The lowest BCUT2D eigenvalue weighted by atomic mass is 10.1. The minimum Gasteiger partial charge on any atom is -0.324 e. The molecule has 0 saturated carbocycles. The van der Waals surface area contributed by atoms with E-state index in [1.54, 1.807) is 0 Å². The van der Waals surface area contributed by atoms with Crippen LogP contribution in [0.5, 0.6) is 0 Å². The highest BCUT2D eigenvalue weighted by atomic mass is 32.2. The fourth-order valence-corrected chi connectivity index (χ4v) is 5.96. The number of rotatable bonds is 5. The summed E-state index contributed by atoms with van der Waals surface area (Å²) in [5.74, 6) is -0.864. The number of hydrogen-bond donors (Lipinski definition) is 1. The number of halogens is 3. The average molecular weight is 509 g/mol. The predicted molar refractivity (Wildman–Crippen MR) is 123 cm³/mol. The maximum Gasteiger partial charge on any atom is 0.418 e. The van der Waals surface area contributed by atoms with Gasteiger partial charge in [-0.05, 0) is 50.1 Å².